The number of halogens is 1. The fraction of sp³-hybridized carbons (Fsp3) is 0.136. The predicted molar refractivity (Wildman–Crippen MR) is 98.5 cm³/mol. The second-order valence-electron chi connectivity index (χ2n) is 6.11. The minimum Gasteiger partial charge on any atom is -0.481 e. The van der Waals surface area contributed by atoms with Crippen LogP contribution in [0.15, 0.2) is 72.8 Å². The molecule has 0 spiro atoms. The third-order valence-electron chi connectivity index (χ3n) is 4.41. The molecule has 0 saturated carbocycles. The molecule has 0 atom stereocenters. The van der Waals surface area contributed by atoms with E-state index in [1.807, 2.05) is 12.1 Å². The zero-order chi connectivity index (χ0) is 18.5. The molecule has 0 fully saturated rings. The number of hydrogen-bond acceptors (Lipinski definition) is 2. The van der Waals surface area contributed by atoms with Crippen molar-refractivity contribution in [2.75, 3.05) is 6.61 Å². The third kappa shape index (κ3) is 3.81. The van der Waals surface area contributed by atoms with Crippen LogP contribution in [0.1, 0.15) is 22.6 Å². The average molecular weight is 350 g/mol. The summed E-state index contributed by atoms with van der Waals surface area (Å²) in [5, 5.41) is 17.8. The molecule has 3 aromatic carbocycles. The van der Waals surface area contributed by atoms with Crippen molar-refractivity contribution < 1.29 is 19.4 Å². The lowest BCUT2D eigenvalue weighted by molar-refractivity contribution is -0.136. The molecule has 1 aliphatic carbocycles. The molecule has 26 heavy (non-hydrogen) atoms. The van der Waals surface area contributed by atoms with Gasteiger partial charge in [0.15, 0.2) is 0 Å². The summed E-state index contributed by atoms with van der Waals surface area (Å²) in [6.45, 7) is 0.189. The average Bonchev–Trinajstić information content (AvgIpc) is 2.98. The van der Waals surface area contributed by atoms with Crippen LogP contribution in [0.2, 0.25) is 0 Å². The number of carboxylic acid groups (broad SMARTS) is 1. The molecule has 0 saturated heterocycles. The molecule has 3 nitrogen and oxygen atoms in total. The lowest BCUT2D eigenvalue weighted by Crippen LogP contribution is -2.01. The van der Waals surface area contributed by atoms with Crippen LogP contribution in [0.3, 0.4) is 0 Å². The Balaban J connectivity index is 0.000000160. The molecule has 4 rings (SSSR count). The van der Waals surface area contributed by atoms with E-state index in [0.717, 1.165) is 0 Å². The summed E-state index contributed by atoms with van der Waals surface area (Å²) in [5.41, 5.74) is 5.65. The highest BCUT2D eigenvalue weighted by molar-refractivity contribution is 5.78. The van der Waals surface area contributed by atoms with E-state index in [1.54, 1.807) is 0 Å². The molecular formula is C22H19FO3. The maximum absolute atomic E-state index is 12.3. The van der Waals surface area contributed by atoms with Gasteiger partial charge in [-0.15, -0.1) is 0 Å². The topological polar surface area (TPSA) is 57.5 Å². The predicted octanol–water partition coefficient (Wildman–Crippen LogP) is 4.24. The fourth-order valence-corrected chi connectivity index (χ4v) is 3.23. The Labute approximate surface area is 151 Å². The van der Waals surface area contributed by atoms with E-state index in [-0.39, 0.29) is 24.8 Å². The Bertz CT molecular complexity index is 858. The van der Waals surface area contributed by atoms with Gasteiger partial charge >= 0.3 is 5.97 Å². The van der Waals surface area contributed by atoms with Gasteiger partial charge in [-0.2, -0.15) is 0 Å². The van der Waals surface area contributed by atoms with Gasteiger partial charge < -0.3 is 10.2 Å². The van der Waals surface area contributed by atoms with Gasteiger partial charge in [0.05, 0.1) is 13.0 Å². The first-order valence-electron chi connectivity index (χ1n) is 8.35. The van der Waals surface area contributed by atoms with Crippen LogP contribution in [0.4, 0.5) is 4.39 Å². The summed E-state index contributed by atoms with van der Waals surface area (Å²) in [4.78, 5) is 10.2. The Morgan fingerprint density at radius 1 is 0.846 bits per heavy atom. The molecule has 1 aliphatic rings. The van der Waals surface area contributed by atoms with Crippen LogP contribution in [0.25, 0.3) is 11.1 Å². The first-order valence-corrected chi connectivity index (χ1v) is 8.35. The van der Waals surface area contributed by atoms with Crippen LogP contribution in [0, 0.1) is 5.82 Å². The normalized spacial score (nSPS) is 11.9. The van der Waals surface area contributed by atoms with Gasteiger partial charge in [0, 0.05) is 5.92 Å². The maximum Gasteiger partial charge on any atom is 0.307 e. The molecule has 0 aromatic heterocycles. The van der Waals surface area contributed by atoms with Crippen LogP contribution < -0.4 is 0 Å². The van der Waals surface area contributed by atoms with E-state index in [0.29, 0.717) is 5.56 Å². The molecule has 0 heterocycles. The molecule has 2 N–H and O–H groups in total. The van der Waals surface area contributed by atoms with Crippen molar-refractivity contribution in [3.63, 3.8) is 0 Å². The van der Waals surface area contributed by atoms with Gasteiger partial charge in [-0.25, -0.2) is 4.39 Å². The second-order valence-corrected chi connectivity index (χ2v) is 6.11. The number of carboxylic acids is 1. The highest BCUT2D eigenvalue weighted by Gasteiger charge is 2.26. The molecule has 3 aromatic rings. The van der Waals surface area contributed by atoms with E-state index in [2.05, 4.69) is 36.4 Å². The van der Waals surface area contributed by atoms with Gasteiger partial charge in [0.25, 0.3) is 0 Å². The van der Waals surface area contributed by atoms with Crippen LogP contribution in [-0.2, 0) is 11.2 Å². The fourth-order valence-electron chi connectivity index (χ4n) is 3.23. The van der Waals surface area contributed by atoms with Gasteiger partial charge in [0.2, 0.25) is 0 Å². The number of benzene rings is 3. The Kier molecular flexibility index (Phi) is 5.44. The van der Waals surface area contributed by atoms with Gasteiger partial charge in [0.1, 0.15) is 5.82 Å². The standard InChI is InChI=1S/C14H12O.C8H7FO2/c15-9-14-12-7-3-1-5-10(12)11-6-2-4-8-13(11)14;9-7-3-1-6(2-4-7)5-8(10)11/h1-8,14-15H,9H2;1-4H,5H2,(H,10,11). The molecule has 0 bridgehead atoms. The van der Waals surface area contributed by atoms with Gasteiger partial charge in [-0.3, -0.25) is 4.79 Å². The summed E-state index contributed by atoms with van der Waals surface area (Å²) in [5.74, 6) is -1.09. The van der Waals surface area contributed by atoms with E-state index in [1.165, 1.54) is 46.5 Å². The molecule has 0 amide bonds. The van der Waals surface area contributed by atoms with Gasteiger partial charge in [-0.05, 0) is 39.9 Å². The van der Waals surface area contributed by atoms with E-state index in [4.69, 9.17) is 5.11 Å². The van der Waals surface area contributed by atoms with E-state index >= 15 is 0 Å². The van der Waals surface area contributed by atoms with Crippen molar-refractivity contribution in [1.29, 1.82) is 0 Å². The number of aliphatic carboxylic acids is 1. The molecule has 0 radical (unpaired) electrons. The number of fused-ring (bicyclic) bond motifs is 3. The van der Waals surface area contributed by atoms with E-state index in [9.17, 15) is 14.3 Å². The highest BCUT2D eigenvalue weighted by atomic mass is 19.1. The van der Waals surface area contributed by atoms with Gasteiger partial charge in [-0.1, -0.05) is 60.7 Å². The minimum absolute atomic E-state index is 0.0553. The van der Waals surface area contributed by atoms with Crippen LogP contribution in [-0.4, -0.2) is 22.8 Å². The zero-order valence-corrected chi connectivity index (χ0v) is 14.1. The summed E-state index contributed by atoms with van der Waals surface area (Å²) >= 11 is 0. The SMILES string of the molecule is O=C(O)Cc1ccc(F)cc1.OCC1c2ccccc2-c2ccccc21. The quantitative estimate of drug-likeness (QED) is 0.743. The highest BCUT2D eigenvalue weighted by Crippen LogP contribution is 2.43. The van der Waals surface area contributed by atoms with Crippen LogP contribution >= 0.6 is 0 Å². The summed E-state index contributed by atoms with van der Waals surface area (Å²) in [7, 11) is 0. The molecule has 4 heteroatoms. The largest absolute Gasteiger partial charge is 0.481 e. The first-order chi connectivity index (χ1) is 12.6. The number of aliphatic hydroxyl groups is 1. The summed E-state index contributed by atoms with van der Waals surface area (Å²) in [6.07, 6.45) is -0.0553. The summed E-state index contributed by atoms with van der Waals surface area (Å²) in [6, 6.07) is 22.1. The Hall–Kier alpha value is -2.98. The van der Waals surface area contributed by atoms with Crippen molar-refractivity contribution in [3.8, 4) is 11.1 Å². The zero-order valence-electron chi connectivity index (χ0n) is 14.1. The molecule has 132 valence electrons. The smallest absolute Gasteiger partial charge is 0.307 e. The number of aliphatic hydroxyl groups excluding tert-OH is 1. The van der Waals surface area contributed by atoms with Crippen molar-refractivity contribution in [2.24, 2.45) is 0 Å². The molecule has 0 aliphatic heterocycles. The van der Waals surface area contributed by atoms with E-state index < -0.39 is 5.97 Å². The van der Waals surface area contributed by atoms with Crippen molar-refractivity contribution >= 4 is 5.97 Å². The third-order valence-corrected chi connectivity index (χ3v) is 4.41. The van der Waals surface area contributed by atoms with Crippen LogP contribution in [0.5, 0.6) is 0 Å². The first kappa shape index (κ1) is 17.8. The monoisotopic (exact) mass is 350 g/mol. The van der Waals surface area contributed by atoms with Crippen molar-refractivity contribution in [3.05, 3.63) is 95.3 Å². The second kappa shape index (κ2) is 7.93. The lowest BCUT2D eigenvalue weighted by atomic mass is 9.98. The molecular weight excluding hydrogens is 331 g/mol. The lowest BCUT2D eigenvalue weighted by Gasteiger charge is -2.08. The number of hydrogen-bond donors (Lipinski definition) is 2. The number of rotatable bonds is 3. The summed E-state index contributed by atoms with van der Waals surface area (Å²) < 4.78 is 12.3. The Morgan fingerprint density at radius 3 is 1.81 bits per heavy atom. The minimum atomic E-state index is -0.906. The maximum atomic E-state index is 12.3. The molecule has 0 unspecified atom stereocenters. The number of carbonyl (C=O) groups is 1. The Morgan fingerprint density at radius 2 is 1.35 bits per heavy atom. The van der Waals surface area contributed by atoms with Crippen molar-refractivity contribution in [1.82, 2.24) is 0 Å². The van der Waals surface area contributed by atoms with Crippen molar-refractivity contribution in [2.45, 2.75) is 12.3 Å².